The van der Waals surface area contributed by atoms with E-state index in [1.54, 1.807) is 72.9 Å². The number of amides is 8. The van der Waals surface area contributed by atoms with Gasteiger partial charge in [0.25, 0.3) is 15.9 Å². The summed E-state index contributed by atoms with van der Waals surface area (Å²) in [5.41, 5.74) is 1.32. The first-order chi connectivity index (χ1) is 42.2. The molecule has 25 heteroatoms. The van der Waals surface area contributed by atoms with Crippen molar-refractivity contribution in [1.29, 1.82) is 0 Å². The molecule has 0 radical (unpaired) electrons. The standard InChI is InChI=1S/C65H102ClN9O14S/c1-17-43(10)58(49(88-15)36-53(77)74-32-22-24-50(74)65(89-16)31-21-23-46(38-65)35-48(64(84)85)68-59(79)42(8)9)73(14)63(83)56(40(4)5)70-61(81)57(41(6)7)71(12)34-30-45-26-28-47(29-27-45)72(13)62(82)44(11)67-60(80)55(39(2)3)69-52(76)25-19-18-20-33-75-54(78)37-51(66)90(75,86)87/h21,23,26-29,31,37,39-44,48-50,55-58H,17-20,22,24-25,30,32-36,38H2,1-16H3,(H,67,80)(H,68,79)(H,69,76)(H,70,81)(H,84,85)/t43-,44-,48+,49+,50+,55-,56-,57-,58+,65-/m0/s1. The molecule has 10 atom stereocenters. The molecule has 0 bridgehead atoms. The van der Waals surface area contributed by atoms with Crippen molar-refractivity contribution in [3.63, 3.8) is 0 Å². The van der Waals surface area contributed by atoms with Crippen LogP contribution in [0.15, 0.2) is 58.5 Å². The van der Waals surface area contributed by atoms with Gasteiger partial charge in [-0.15, -0.1) is 0 Å². The minimum Gasteiger partial charge on any atom is -0.480 e. The molecule has 23 nitrogen and oxygen atoms in total. The fourth-order valence-electron chi connectivity index (χ4n) is 12.2. The van der Waals surface area contributed by atoms with Crippen LogP contribution in [-0.4, -0.2) is 195 Å². The summed E-state index contributed by atoms with van der Waals surface area (Å²) in [4.78, 5) is 128. The van der Waals surface area contributed by atoms with Crippen LogP contribution in [0.2, 0.25) is 0 Å². The summed E-state index contributed by atoms with van der Waals surface area (Å²) in [6.45, 7) is 21.1. The maximum absolute atomic E-state index is 14.9. The Hall–Kier alpha value is -6.21. The number of benzene rings is 1. The van der Waals surface area contributed by atoms with E-state index < -0.39 is 97.9 Å². The summed E-state index contributed by atoms with van der Waals surface area (Å²) in [6.07, 6.45) is 9.82. The number of ether oxygens (including phenoxy) is 2. The second-order valence-electron chi connectivity index (χ2n) is 25.7. The quantitative estimate of drug-likeness (QED) is 0.0494. The number of carboxylic acid groups (broad SMARTS) is 1. The van der Waals surface area contributed by atoms with Gasteiger partial charge in [0.1, 0.15) is 29.8 Å². The minimum atomic E-state index is -4.01. The molecule has 3 aliphatic rings. The number of carbonyl (C=O) groups excluding carboxylic acids is 8. The second kappa shape index (κ2) is 34.5. The van der Waals surface area contributed by atoms with Crippen molar-refractivity contribution in [2.75, 3.05) is 59.9 Å². The highest BCUT2D eigenvalue weighted by atomic mass is 35.5. The fourth-order valence-corrected chi connectivity index (χ4v) is 13.6. The van der Waals surface area contributed by atoms with Crippen molar-refractivity contribution in [1.82, 2.24) is 40.3 Å². The van der Waals surface area contributed by atoms with Crippen LogP contribution in [0.3, 0.4) is 0 Å². The number of unbranched alkanes of at least 4 members (excludes halogenated alkanes) is 2. The summed E-state index contributed by atoms with van der Waals surface area (Å²) in [5.74, 6) is -5.63. The molecular weight excluding hydrogens is 1200 g/mol. The Morgan fingerprint density at radius 3 is 2.00 bits per heavy atom. The van der Waals surface area contributed by atoms with E-state index in [1.165, 1.54) is 12.0 Å². The summed E-state index contributed by atoms with van der Waals surface area (Å²) < 4.78 is 37.0. The lowest BCUT2D eigenvalue weighted by atomic mass is 9.80. The van der Waals surface area contributed by atoms with Gasteiger partial charge in [-0.05, 0) is 93.9 Å². The van der Waals surface area contributed by atoms with Crippen LogP contribution in [0.25, 0.3) is 0 Å². The molecule has 5 N–H and O–H groups in total. The van der Waals surface area contributed by atoms with Gasteiger partial charge in [0.2, 0.25) is 41.4 Å². The smallest absolute Gasteiger partial charge is 0.326 e. The summed E-state index contributed by atoms with van der Waals surface area (Å²) in [6, 6.07) is 1.88. The predicted octanol–water partition coefficient (Wildman–Crippen LogP) is 5.90. The number of methoxy groups -OCH3 is 2. The van der Waals surface area contributed by atoms with Crippen molar-refractivity contribution in [3.8, 4) is 0 Å². The first kappa shape index (κ1) is 76.2. The van der Waals surface area contributed by atoms with Crippen molar-refractivity contribution in [3.05, 3.63) is 64.1 Å². The Labute approximate surface area is 538 Å². The van der Waals surface area contributed by atoms with E-state index in [0.717, 1.165) is 17.2 Å². The number of nitrogens with zero attached hydrogens (tertiary/aromatic N) is 5. The predicted molar refractivity (Wildman–Crippen MR) is 346 cm³/mol. The Morgan fingerprint density at radius 1 is 0.811 bits per heavy atom. The van der Waals surface area contributed by atoms with E-state index in [2.05, 4.69) is 21.3 Å². The second-order valence-corrected chi connectivity index (χ2v) is 28.2. The van der Waals surface area contributed by atoms with E-state index in [9.17, 15) is 56.7 Å². The number of hydrogen-bond donors (Lipinski definition) is 5. The molecule has 0 aromatic heterocycles. The maximum atomic E-state index is 14.9. The number of carboxylic acids is 1. The van der Waals surface area contributed by atoms with E-state index in [0.29, 0.717) is 74.4 Å². The van der Waals surface area contributed by atoms with Crippen LogP contribution < -0.4 is 26.2 Å². The molecule has 1 aliphatic carbocycles. The first-order valence-corrected chi connectivity index (χ1v) is 33.4. The maximum Gasteiger partial charge on any atom is 0.326 e. The van der Waals surface area contributed by atoms with Crippen LogP contribution in [0.5, 0.6) is 0 Å². The molecule has 0 saturated carbocycles. The van der Waals surface area contributed by atoms with Crippen LogP contribution in [-0.2, 0) is 69.1 Å². The average molecular weight is 1300 g/mol. The van der Waals surface area contributed by atoms with Gasteiger partial charge in [-0.3, -0.25) is 43.3 Å². The third-order valence-corrected chi connectivity index (χ3v) is 20.0. The van der Waals surface area contributed by atoms with Gasteiger partial charge in [-0.1, -0.05) is 130 Å². The number of likely N-dealkylation sites (N-methyl/N-ethyl adjacent to an activating group) is 3. The molecule has 1 aromatic rings. The zero-order valence-corrected chi connectivity index (χ0v) is 57.4. The molecule has 90 heavy (non-hydrogen) atoms. The lowest BCUT2D eigenvalue weighted by molar-refractivity contribution is -0.148. The fraction of sp³-hybridized carbons (Fsp3) is 0.677. The molecule has 1 fully saturated rings. The summed E-state index contributed by atoms with van der Waals surface area (Å²) in [7, 11) is 4.28. The van der Waals surface area contributed by atoms with Crippen LogP contribution in [0, 0.1) is 29.6 Å². The minimum absolute atomic E-state index is 0.0418. The topological polar surface area (TPSA) is 291 Å². The van der Waals surface area contributed by atoms with Gasteiger partial charge in [-0.25, -0.2) is 17.5 Å². The SMILES string of the molecule is CC[C@H](C)[C@H]([C@@H](CC(=O)N1CCC[C@@H]1[C@]1(OC)C=CC=C(C[C@@H](NC(=O)C(C)C)C(=O)O)C1)OC)N(C)C(=O)[C@@H](NC(=O)[C@H](C(C)C)N(C)CCc1ccc(N(C)C(=O)[C@H](C)NC(=O)[C@@H](NC(=O)CCCCCN2C(=O)C=C(Cl)S2(=O)=O)C(C)C)cc1)C(C)C. The lowest BCUT2D eigenvalue weighted by Crippen LogP contribution is -2.60. The van der Waals surface area contributed by atoms with E-state index in [4.69, 9.17) is 21.1 Å². The molecule has 1 saturated heterocycles. The van der Waals surface area contributed by atoms with Gasteiger partial charge in [0.05, 0.1) is 30.7 Å². The van der Waals surface area contributed by atoms with Crippen LogP contribution in [0.1, 0.15) is 146 Å². The van der Waals surface area contributed by atoms with Gasteiger partial charge >= 0.3 is 5.97 Å². The average Bonchev–Trinajstić information content (AvgIpc) is 1.51. The number of sulfonamides is 1. The van der Waals surface area contributed by atoms with Crippen LogP contribution in [0.4, 0.5) is 5.69 Å². The Balaban J connectivity index is 1.35. The number of nitrogens with one attached hydrogen (secondary N) is 4. The zero-order valence-electron chi connectivity index (χ0n) is 55.8. The highest BCUT2D eigenvalue weighted by Crippen LogP contribution is 2.40. The van der Waals surface area contributed by atoms with Crippen LogP contribution >= 0.6 is 11.6 Å². The third kappa shape index (κ3) is 19.9. The van der Waals surface area contributed by atoms with Crippen molar-refractivity contribution in [2.24, 2.45) is 29.6 Å². The van der Waals surface area contributed by atoms with Gasteiger partial charge < -0.3 is 50.5 Å². The van der Waals surface area contributed by atoms with Gasteiger partial charge in [-0.2, -0.15) is 0 Å². The van der Waals surface area contributed by atoms with Crippen molar-refractivity contribution >= 4 is 80.5 Å². The van der Waals surface area contributed by atoms with E-state index in [1.807, 2.05) is 88.8 Å². The summed E-state index contributed by atoms with van der Waals surface area (Å²) in [5, 5.41) is 21.3. The molecule has 0 unspecified atom stereocenters. The number of likely N-dealkylation sites (tertiary alicyclic amines) is 1. The molecule has 2 heterocycles. The Bertz CT molecular complexity index is 2900. The molecule has 2 aliphatic heterocycles. The first-order valence-electron chi connectivity index (χ1n) is 31.6. The lowest BCUT2D eigenvalue weighted by Gasteiger charge is -2.43. The highest BCUT2D eigenvalue weighted by molar-refractivity contribution is 7.95. The normalized spacial score (nSPS) is 20.0. The number of halogens is 1. The van der Waals surface area contributed by atoms with E-state index in [-0.39, 0.29) is 79.1 Å². The molecule has 4 rings (SSSR count). The number of hydrogen-bond acceptors (Lipinski definition) is 14. The zero-order chi connectivity index (χ0) is 67.7. The monoisotopic (exact) mass is 1300 g/mol. The van der Waals surface area contributed by atoms with Crippen molar-refractivity contribution < 1.29 is 66.1 Å². The number of carbonyl (C=O) groups is 9. The molecule has 8 amide bonds. The van der Waals surface area contributed by atoms with E-state index >= 15 is 0 Å². The summed E-state index contributed by atoms with van der Waals surface area (Å²) >= 11 is 5.67. The number of rotatable bonds is 35. The third-order valence-electron chi connectivity index (χ3n) is 17.7. The molecule has 0 spiro atoms. The highest BCUT2D eigenvalue weighted by Gasteiger charge is 2.48. The number of anilines is 1. The number of allylic oxidation sites excluding steroid dienone is 2. The molecular formula is C65H102ClN9O14S. The van der Waals surface area contributed by atoms with Gasteiger partial charge in [0, 0.05) is 78.5 Å². The Morgan fingerprint density at radius 2 is 1.46 bits per heavy atom. The largest absolute Gasteiger partial charge is 0.480 e. The molecule has 504 valence electrons. The van der Waals surface area contributed by atoms with Gasteiger partial charge in [0.15, 0.2) is 4.36 Å². The Kier molecular flexibility index (Phi) is 29.2. The molecule has 1 aromatic carbocycles. The number of aliphatic carboxylic acids is 1. The van der Waals surface area contributed by atoms with Crippen molar-refractivity contribution in [2.45, 2.75) is 201 Å².